The number of hydrogen-bond acceptors (Lipinski definition) is 6. The van der Waals surface area contributed by atoms with Gasteiger partial charge in [0.15, 0.2) is 9.84 Å². The fourth-order valence-corrected chi connectivity index (χ4v) is 4.90. The van der Waals surface area contributed by atoms with Gasteiger partial charge in [0.1, 0.15) is 10.8 Å². The van der Waals surface area contributed by atoms with E-state index in [2.05, 4.69) is 18.9 Å². The fourth-order valence-electron chi connectivity index (χ4n) is 3.89. The van der Waals surface area contributed by atoms with Crippen LogP contribution in [0.5, 0.6) is 0 Å². The number of anilines is 1. The second kappa shape index (κ2) is 7.95. The van der Waals surface area contributed by atoms with Crippen molar-refractivity contribution in [2.75, 3.05) is 17.7 Å². The molecule has 1 atom stereocenters. The maximum atomic E-state index is 11.8. The normalized spacial score (nSPS) is 17.3. The molecule has 0 N–H and O–H groups in total. The lowest BCUT2D eigenvalue weighted by molar-refractivity contribution is -0.384. The molecule has 2 heterocycles. The summed E-state index contributed by atoms with van der Waals surface area (Å²) in [7, 11) is -3.54. The summed E-state index contributed by atoms with van der Waals surface area (Å²) in [5.41, 5.74) is 1.87. The van der Waals surface area contributed by atoms with Gasteiger partial charge in [0.2, 0.25) is 0 Å². The van der Waals surface area contributed by atoms with E-state index < -0.39 is 14.8 Å². The molecule has 0 radical (unpaired) electrons. The molecule has 0 spiro atoms. The lowest BCUT2D eigenvalue weighted by atomic mass is 10.0. The summed E-state index contributed by atoms with van der Waals surface area (Å²) in [6.07, 6.45) is 2.68. The third-order valence-corrected chi connectivity index (χ3v) is 6.62. The maximum Gasteiger partial charge on any atom is 0.293 e. The van der Waals surface area contributed by atoms with E-state index in [-0.39, 0.29) is 16.6 Å². The van der Waals surface area contributed by atoms with Crippen LogP contribution in [0.2, 0.25) is 5.15 Å². The van der Waals surface area contributed by atoms with Crippen molar-refractivity contribution < 1.29 is 13.3 Å². The molecule has 29 heavy (non-hydrogen) atoms. The van der Waals surface area contributed by atoms with Gasteiger partial charge in [-0.15, -0.1) is 0 Å². The number of benzene rings is 1. The molecule has 10 heteroatoms. The van der Waals surface area contributed by atoms with E-state index in [1.807, 2.05) is 11.8 Å². The van der Waals surface area contributed by atoms with Crippen molar-refractivity contribution in [3.63, 3.8) is 0 Å². The molecule has 158 valence electrons. The summed E-state index contributed by atoms with van der Waals surface area (Å²) in [6, 6.07) is 3.93. The van der Waals surface area contributed by atoms with Gasteiger partial charge in [-0.3, -0.25) is 14.8 Å². The summed E-state index contributed by atoms with van der Waals surface area (Å²) in [5, 5.41) is 16.8. The number of aryl methyl sites for hydroxylation is 1. The Kier molecular flexibility index (Phi) is 5.91. The van der Waals surface area contributed by atoms with Crippen LogP contribution < -0.4 is 4.90 Å². The van der Waals surface area contributed by atoms with Crippen molar-refractivity contribution in [3.8, 4) is 0 Å². The van der Waals surface area contributed by atoms with Crippen molar-refractivity contribution in [3.05, 3.63) is 44.7 Å². The van der Waals surface area contributed by atoms with Crippen LogP contribution in [-0.2, 0) is 16.4 Å². The Labute approximate surface area is 175 Å². The van der Waals surface area contributed by atoms with Crippen molar-refractivity contribution in [2.45, 2.75) is 51.1 Å². The second-order valence-corrected chi connectivity index (χ2v) is 10.3. The Morgan fingerprint density at radius 3 is 2.66 bits per heavy atom. The number of nitro groups is 1. The van der Waals surface area contributed by atoms with Gasteiger partial charge in [-0.2, -0.15) is 5.10 Å². The Morgan fingerprint density at radius 1 is 1.38 bits per heavy atom. The lowest BCUT2D eigenvalue weighted by Gasteiger charge is -2.27. The molecule has 1 aliphatic rings. The molecule has 0 aliphatic carbocycles. The average molecular weight is 441 g/mol. The first-order valence-electron chi connectivity index (χ1n) is 9.48. The summed E-state index contributed by atoms with van der Waals surface area (Å²) >= 11 is 6.65. The average Bonchev–Trinajstić information content (AvgIpc) is 3.17. The van der Waals surface area contributed by atoms with Crippen LogP contribution in [0.3, 0.4) is 0 Å². The van der Waals surface area contributed by atoms with Gasteiger partial charge in [0, 0.05) is 31.0 Å². The number of aromatic nitrogens is 2. The number of rotatable bonds is 6. The van der Waals surface area contributed by atoms with E-state index in [9.17, 15) is 18.5 Å². The topological polar surface area (TPSA) is 98.3 Å². The first kappa shape index (κ1) is 21.6. The summed E-state index contributed by atoms with van der Waals surface area (Å²) in [6.45, 7) is 7.38. The highest BCUT2D eigenvalue weighted by Gasteiger charge is 2.35. The van der Waals surface area contributed by atoms with E-state index >= 15 is 0 Å². The molecular formula is C19H25ClN4O4S. The zero-order chi connectivity index (χ0) is 21.5. The zero-order valence-corrected chi connectivity index (χ0v) is 18.5. The quantitative estimate of drug-likeness (QED) is 0.494. The van der Waals surface area contributed by atoms with Gasteiger partial charge in [0.25, 0.3) is 5.69 Å². The van der Waals surface area contributed by atoms with Crippen molar-refractivity contribution in [1.29, 1.82) is 0 Å². The van der Waals surface area contributed by atoms with Gasteiger partial charge in [-0.1, -0.05) is 25.4 Å². The predicted molar refractivity (Wildman–Crippen MR) is 112 cm³/mol. The number of nitrogens with zero attached hydrogens (tertiary/aromatic N) is 4. The van der Waals surface area contributed by atoms with Crippen LogP contribution in [0.25, 0.3) is 0 Å². The number of halogens is 1. The minimum absolute atomic E-state index is 0.0670. The van der Waals surface area contributed by atoms with Crippen molar-refractivity contribution >= 4 is 32.8 Å². The van der Waals surface area contributed by atoms with Crippen LogP contribution in [0, 0.1) is 23.0 Å². The van der Waals surface area contributed by atoms with E-state index in [1.54, 1.807) is 4.68 Å². The lowest BCUT2D eigenvalue weighted by Crippen LogP contribution is -2.24. The highest BCUT2D eigenvalue weighted by molar-refractivity contribution is 7.90. The summed E-state index contributed by atoms with van der Waals surface area (Å²) in [4.78, 5) is 13.0. The first-order chi connectivity index (χ1) is 13.5. The van der Waals surface area contributed by atoms with Gasteiger partial charge >= 0.3 is 0 Å². The van der Waals surface area contributed by atoms with E-state index in [0.29, 0.717) is 29.8 Å². The van der Waals surface area contributed by atoms with Crippen LogP contribution in [-0.4, -0.2) is 35.9 Å². The minimum Gasteiger partial charge on any atom is -0.359 e. The third-order valence-electron chi connectivity index (χ3n) is 5.11. The van der Waals surface area contributed by atoms with E-state index in [0.717, 1.165) is 36.4 Å². The highest BCUT2D eigenvalue weighted by Crippen LogP contribution is 2.44. The third kappa shape index (κ3) is 4.25. The molecule has 0 saturated carbocycles. The second-order valence-electron chi connectivity index (χ2n) is 7.90. The van der Waals surface area contributed by atoms with E-state index in [4.69, 9.17) is 11.6 Å². The van der Waals surface area contributed by atoms with Gasteiger partial charge in [-0.05, 0) is 37.8 Å². The summed E-state index contributed by atoms with van der Waals surface area (Å²) in [5.74, 6) is 0.379. The van der Waals surface area contributed by atoms with Crippen LogP contribution >= 0.6 is 11.6 Å². The molecule has 1 unspecified atom stereocenters. The number of hydrogen-bond donors (Lipinski definition) is 0. The zero-order valence-electron chi connectivity index (χ0n) is 16.9. The minimum atomic E-state index is -3.54. The summed E-state index contributed by atoms with van der Waals surface area (Å²) < 4.78 is 25.5. The van der Waals surface area contributed by atoms with Gasteiger partial charge in [0.05, 0.1) is 21.6 Å². The Bertz CT molecular complexity index is 1050. The predicted octanol–water partition coefficient (Wildman–Crippen LogP) is 4.15. The Hall–Kier alpha value is -2.13. The van der Waals surface area contributed by atoms with Crippen molar-refractivity contribution in [2.24, 2.45) is 5.92 Å². The molecule has 1 saturated heterocycles. The molecule has 1 aliphatic heterocycles. The van der Waals surface area contributed by atoms with Crippen LogP contribution in [0.15, 0.2) is 23.1 Å². The largest absolute Gasteiger partial charge is 0.359 e. The van der Waals surface area contributed by atoms with Gasteiger partial charge < -0.3 is 4.90 Å². The Morgan fingerprint density at radius 2 is 2.07 bits per heavy atom. The van der Waals surface area contributed by atoms with Crippen molar-refractivity contribution in [1.82, 2.24) is 9.78 Å². The van der Waals surface area contributed by atoms with Gasteiger partial charge in [-0.25, -0.2) is 8.42 Å². The molecule has 1 fully saturated rings. The fraction of sp³-hybridized carbons (Fsp3) is 0.526. The molecule has 1 aromatic carbocycles. The molecule has 1 aromatic heterocycles. The standard InChI is InChI=1S/C19H25ClN4O4S/c1-12(2)11-23-19(20)18(13(3)21-23)16-6-5-9-22(16)15-8-7-14(29(4,27)28)10-17(15)24(25)26/h7-8,10,12,16H,5-6,9,11H2,1-4H3. The SMILES string of the molecule is Cc1nn(CC(C)C)c(Cl)c1C1CCCN1c1ccc(S(C)(=O)=O)cc1[N+](=O)[O-]. The maximum absolute atomic E-state index is 11.8. The molecular weight excluding hydrogens is 416 g/mol. The van der Waals surface area contributed by atoms with Crippen LogP contribution in [0.1, 0.15) is 44.0 Å². The molecule has 8 nitrogen and oxygen atoms in total. The first-order valence-corrected chi connectivity index (χ1v) is 11.8. The number of sulfone groups is 1. The molecule has 0 amide bonds. The smallest absolute Gasteiger partial charge is 0.293 e. The highest BCUT2D eigenvalue weighted by atomic mass is 35.5. The number of nitro benzene ring substituents is 1. The Balaban J connectivity index is 2.07. The van der Waals surface area contributed by atoms with E-state index in [1.165, 1.54) is 12.1 Å². The monoisotopic (exact) mass is 440 g/mol. The molecule has 0 bridgehead atoms. The molecule has 3 rings (SSSR count). The molecule has 2 aromatic rings. The van der Waals surface area contributed by atoms with Crippen LogP contribution in [0.4, 0.5) is 11.4 Å².